The van der Waals surface area contributed by atoms with Crippen LogP contribution in [0.4, 0.5) is 18.9 Å². The van der Waals surface area contributed by atoms with Gasteiger partial charge in [-0.1, -0.05) is 72.8 Å². The molecule has 6 rings (SSSR count). The third-order valence-electron chi connectivity index (χ3n) is 7.59. The van der Waals surface area contributed by atoms with Gasteiger partial charge in [0, 0.05) is 11.8 Å². The third-order valence-corrected chi connectivity index (χ3v) is 7.59. The van der Waals surface area contributed by atoms with E-state index in [4.69, 9.17) is 0 Å². The summed E-state index contributed by atoms with van der Waals surface area (Å²) in [6, 6.07) is 34.2. The molecule has 0 radical (unpaired) electrons. The lowest BCUT2D eigenvalue weighted by Crippen LogP contribution is -2.25. The first-order chi connectivity index (χ1) is 21.3. The Morgan fingerprint density at radius 3 is 2.32 bits per heavy atom. The summed E-state index contributed by atoms with van der Waals surface area (Å²) in [7, 11) is 0. The van der Waals surface area contributed by atoms with Crippen molar-refractivity contribution in [2.75, 3.05) is 11.9 Å². The van der Waals surface area contributed by atoms with Gasteiger partial charge in [-0.05, 0) is 77.9 Å². The SMILES string of the molecule is N#Cc1cccc(-n2nc(C(F)(F)F)cc2C(=O)Nc2cccc(C(NCC3CC3)c3ccc(-c4ccccc4)cc3)c2)c1. The van der Waals surface area contributed by atoms with Crippen molar-refractivity contribution in [3.63, 3.8) is 0 Å². The minimum atomic E-state index is -4.76. The van der Waals surface area contributed by atoms with Crippen molar-refractivity contribution in [1.29, 1.82) is 5.26 Å². The number of amides is 1. The van der Waals surface area contributed by atoms with Crippen LogP contribution in [-0.2, 0) is 6.18 Å². The van der Waals surface area contributed by atoms with Crippen LogP contribution in [0.1, 0.15) is 51.8 Å². The second-order valence-corrected chi connectivity index (χ2v) is 10.8. The van der Waals surface area contributed by atoms with Crippen LogP contribution in [0, 0.1) is 17.2 Å². The van der Waals surface area contributed by atoms with Crippen LogP contribution in [0.2, 0.25) is 0 Å². The highest BCUT2D eigenvalue weighted by Crippen LogP contribution is 2.33. The molecule has 1 fully saturated rings. The van der Waals surface area contributed by atoms with E-state index in [9.17, 15) is 23.2 Å². The molecule has 0 saturated heterocycles. The van der Waals surface area contributed by atoms with E-state index >= 15 is 0 Å². The number of halogens is 3. The summed E-state index contributed by atoms with van der Waals surface area (Å²) < 4.78 is 41.8. The number of hydrogen-bond acceptors (Lipinski definition) is 4. The number of alkyl halides is 3. The lowest BCUT2D eigenvalue weighted by Gasteiger charge is -2.21. The molecule has 1 aliphatic rings. The third kappa shape index (κ3) is 6.56. The van der Waals surface area contributed by atoms with E-state index in [2.05, 4.69) is 52.1 Å². The number of nitrogens with zero attached hydrogens (tertiary/aromatic N) is 3. The number of nitriles is 1. The van der Waals surface area contributed by atoms with E-state index in [1.54, 1.807) is 6.07 Å². The van der Waals surface area contributed by atoms with Crippen molar-refractivity contribution >= 4 is 11.6 Å². The van der Waals surface area contributed by atoms with Crippen molar-refractivity contribution < 1.29 is 18.0 Å². The highest BCUT2D eigenvalue weighted by Gasteiger charge is 2.36. The second-order valence-electron chi connectivity index (χ2n) is 10.8. The zero-order valence-electron chi connectivity index (χ0n) is 23.6. The zero-order chi connectivity index (χ0) is 30.7. The summed E-state index contributed by atoms with van der Waals surface area (Å²) in [5.74, 6) is -0.131. The molecule has 0 aliphatic heterocycles. The number of nitrogens with one attached hydrogen (secondary N) is 2. The monoisotopic (exact) mass is 591 g/mol. The molecule has 5 aromatic rings. The summed E-state index contributed by atoms with van der Waals surface area (Å²) in [5.41, 5.74) is 3.50. The molecular weight excluding hydrogens is 563 g/mol. The Hall–Kier alpha value is -5.20. The maximum absolute atomic E-state index is 13.6. The summed E-state index contributed by atoms with van der Waals surface area (Å²) in [5, 5.41) is 19.4. The molecule has 1 aliphatic carbocycles. The molecule has 44 heavy (non-hydrogen) atoms. The second kappa shape index (κ2) is 12.2. The van der Waals surface area contributed by atoms with Crippen molar-refractivity contribution in [1.82, 2.24) is 15.1 Å². The molecule has 2 N–H and O–H groups in total. The minimum absolute atomic E-state index is 0.159. The largest absolute Gasteiger partial charge is 0.435 e. The summed E-state index contributed by atoms with van der Waals surface area (Å²) >= 11 is 0. The average Bonchev–Trinajstić information content (AvgIpc) is 3.75. The Kier molecular flexibility index (Phi) is 8.01. The number of carbonyl (C=O) groups excluding carboxylic acids is 1. The zero-order valence-corrected chi connectivity index (χ0v) is 23.6. The fourth-order valence-corrected chi connectivity index (χ4v) is 5.11. The van der Waals surface area contributed by atoms with Crippen molar-refractivity contribution in [2.45, 2.75) is 25.1 Å². The van der Waals surface area contributed by atoms with Crippen LogP contribution in [-0.4, -0.2) is 22.2 Å². The van der Waals surface area contributed by atoms with Crippen LogP contribution >= 0.6 is 0 Å². The Labute approximate surface area is 252 Å². The van der Waals surface area contributed by atoms with Crippen molar-refractivity contribution in [3.8, 4) is 22.9 Å². The summed E-state index contributed by atoms with van der Waals surface area (Å²) in [4.78, 5) is 13.4. The van der Waals surface area contributed by atoms with Crippen LogP contribution in [0.3, 0.4) is 0 Å². The molecule has 4 aromatic carbocycles. The first-order valence-corrected chi connectivity index (χ1v) is 14.3. The van der Waals surface area contributed by atoms with E-state index in [1.165, 1.54) is 37.1 Å². The lowest BCUT2D eigenvalue weighted by atomic mass is 9.95. The molecule has 0 bridgehead atoms. The van der Waals surface area contributed by atoms with Gasteiger partial charge in [-0.25, -0.2) is 4.68 Å². The summed E-state index contributed by atoms with van der Waals surface area (Å²) in [6.45, 7) is 0.850. The molecule has 1 saturated carbocycles. The van der Waals surface area contributed by atoms with Crippen molar-refractivity contribution in [3.05, 3.63) is 137 Å². The fraction of sp³-hybridized carbons (Fsp3) is 0.171. The topological polar surface area (TPSA) is 82.7 Å². The quantitative estimate of drug-likeness (QED) is 0.184. The molecule has 1 aromatic heterocycles. The van der Waals surface area contributed by atoms with E-state index in [0.717, 1.165) is 33.5 Å². The Morgan fingerprint density at radius 2 is 1.61 bits per heavy atom. The number of hydrogen-bond donors (Lipinski definition) is 2. The van der Waals surface area contributed by atoms with Crippen molar-refractivity contribution in [2.24, 2.45) is 5.92 Å². The lowest BCUT2D eigenvalue weighted by molar-refractivity contribution is -0.141. The molecule has 1 heterocycles. The minimum Gasteiger partial charge on any atom is -0.321 e. The molecule has 0 spiro atoms. The van der Waals surface area contributed by atoms with Gasteiger partial charge in [0.15, 0.2) is 5.69 Å². The molecule has 220 valence electrons. The Bertz CT molecular complexity index is 1820. The molecule has 1 atom stereocenters. The normalized spacial score (nSPS) is 13.7. The smallest absolute Gasteiger partial charge is 0.321 e. The maximum Gasteiger partial charge on any atom is 0.435 e. The van der Waals surface area contributed by atoms with Gasteiger partial charge in [0.05, 0.1) is 23.4 Å². The highest BCUT2D eigenvalue weighted by atomic mass is 19.4. The van der Waals surface area contributed by atoms with E-state index < -0.39 is 17.8 Å². The molecule has 9 heteroatoms. The van der Waals surface area contributed by atoms with Crippen LogP contribution in [0.5, 0.6) is 0 Å². The summed E-state index contributed by atoms with van der Waals surface area (Å²) in [6.07, 6.45) is -2.38. The predicted molar refractivity (Wildman–Crippen MR) is 162 cm³/mol. The standard InChI is InChI=1S/C35H28F3N5O/c36-35(37,38)32-20-31(43(42-32)30-11-4-6-24(18-30)21-39)34(44)41-29-10-5-9-28(19-29)33(40-22-23-12-13-23)27-16-14-26(15-17-27)25-7-2-1-3-8-25/h1-11,14-20,23,33,40H,12-13,22H2,(H,41,44). The van der Waals surface area contributed by atoms with E-state index in [-0.39, 0.29) is 23.0 Å². The number of benzene rings is 4. The van der Waals surface area contributed by atoms with Crippen LogP contribution < -0.4 is 10.6 Å². The average molecular weight is 592 g/mol. The Morgan fingerprint density at radius 1 is 0.886 bits per heavy atom. The maximum atomic E-state index is 13.6. The van der Waals surface area contributed by atoms with Gasteiger partial charge in [0.1, 0.15) is 5.69 Å². The van der Waals surface area contributed by atoms with Gasteiger partial charge in [0.25, 0.3) is 5.91 Å². The first-order valence-electron chi connectivity index (χ1n) is 14.3. The highest BCUT2D eigenvalue weighted by molar-refractivity contribution is 6.03. The number of carbonyl (C=O) groups is 1. The van der Waals surface area contributed by atoms with Crippen LogP contribution in [0.25, 0.3) is 16.8 Å². The van der Waals surface area contributed by atoms with E-state index in [0.29, 0.717) is 17.7 Å². The van der Waals surface area contributed by atoms with Crippen LogP contribution in [0.15, 0.2) is 109 Å². The van der Waals surface area contributed by atoms with Gasteiger partial charge in [-0.2, -0.15) is 23.5 Å². The van der Waals surface area contributed by atoms with Gasteiger partial charge < -0.3 is 10.6 Å². The predicted octanol–water partition coefficient (Wildman–Crippen LogP) is 7.77. The Balaban J connectivity index is 1.29. The number of anilines is 1. The van der Waals surface area contributed by atoms with Gasteiger partial charge >= 0.3 is 6.18 Å². The van der Waals surface area contributed by atoms with Gasteiger partial charge in [0.2, 0.25) is 0 Å². The molecule has 1 unspecified atom stereocenters. The molecular formula is C35H28F3N5O. The van der Waals surface area contributed by atoms with E-state index in [1.807, 2.05) is 42.5 Å². The van der Waals surface area contributed by atoms with Gasteiger partial charge in [-0.15, -0.1) is 0 Å². The first kappa shape index (κ1) is 28.9. The number of aromatic nitrogens is 2. The fourth-order valence-electron chi connectivity index (χ4n) is 5.11. The van der Waals surface area contributed by atoms with Gasteiger partial charge in [-0.3, -0.25) is 4.79 Å². The molecule has 1 amide bonds. The molecule has 6 nitrogen and oxygen atoms in total. The number of rotatable bonds is 9.